The Hall–Kier alpha value is -3.39. The van der Waals surface area contributed by atoms with Crippen molar-refractivity contribution in [3.05, 3.63) is 53.1 Å². The fraction of sp³-hybridized carbons (Fsp3) is 0.318. The molecule has 0 aromatic heterocycles. The Bertz CT molecular complexity index is 928. The number of morpholine rings is 1. The molecule has 1 aliphatic rings. The fourth-order valence-electron chi connectivity index (χ4n) is 3.31. The first-order valence-electron chi connectivity index (χ1n) is 9.60. The molecular weight excluding hydrogens is 390 g/mol. The zero-order chi connectivity index (χ0) is 21.5. The highest BCUT2D eigenvalue weighted by Gasteiger charge is 2.31. The molecule has 2 aromatic carbocycles. The highest BCUT2D eigenvalue weighted by Crippen LogP contribution is 2.27. The molecule has 1 fully saturated rings. The van der Waals surface area contributed by atoms with E-state index in [2.05, 4.69) is 0 Å². The van der Waals surface area contributed by atoms with E-state index in [-0.39, 0.29) is 47.3 Å². The molecule has 1 N–H and O–H groups in total. The SMILES string of the molecule is CCOc1cccc(C(=O)N2CCOC[C@H]2COc2cccc(O)c2C=O)c1C=O. The fourth-order valence-corrected chi connectivity index (χ4v) is 3.31. The number of amides is 1. The number of phenols is 1. The van der Waals surface area contributed by atoms with Crippen molar-refractivity contribution in [3.8, 4) is 17.2 Å². The van der Waals surface area contributed by atoms with Crippen molar-refractivity contribution in [2.75, 3.05) is 33.0 Å². The lowest BCUT2D eigenvalue weighted by Gasteiger charge is -2.35. The number of ether oxygens (including phenoxy) is 3. The molecule has 3 rings (SSSR count). The van der Waals surface area contributed by atoms with Crippen molar-refractivity contribution in [1.82, 2.24) is 4.90 Å². The van der Waals surface area contributed by atoms with Crippen LogP contribution in [-0.2, 0) is 4.74 Å². The van der Waals surface area contributed by atoms with Crippen LogP contribution in [0.15, 0.2) is 36.4 Å². The summed E-state index contributed by atoms with van der Waals surface area (Å²) in [6.45, 7) is 3.14. The molecule has 0 radical (unpaired) electrons. The zero-order valence-electron chi connectivity index (χ0n) is 16.6. The predicted molar refractivity (Wildman–Crippen MR) is 108 cm³/mol. The van der Waals surface area contributed by atoms with Crippen LogP contribution in [0.4, 0.5) is 0 Å². The summed E-state index contributed by atoms with van der Waals surface area (Å²) in [4.78, 5) is 37.7. The van der Waals surface area contributed by atoms with Gasteiger partial charge in [0.25, 0.3) is 5.91 Å². The van der Waals surface area contributed by atoms with Gasteiger partial charge in [-0.3, -0.25) is 14.4 Å². The van der Waals surface area contributed by atoms with Crippen LogP contribution in [0.5, 0.6) is 17.2 Å². The number of benzene rings is 2. The molecule has 8 nitrogen and oxygen atoms in total. The number of hydrogen-bond acceptors (Lipinski definition) is 7. The van der Waals surface area contributed by atoms with E-state index in [0.717, 1.165) is 0 Å². The monoisotopic (exact) mass is 413 g/mol. The van der Waals surface area contributed by atoms with Gasteiger partial charge < -0.3 is 24.2 Å². The summed E-state index contributed by atoms with van der Waals surface area (Å²) in [6.07, 6.45) is 1.13. The molecule has 1 atom stereocenters. The van der Waals surface area contributed by atoms with Gasteiger partial charge in [0.05, 0.1) is 42.6 Å². The summed E-state index contributed by atoms with van der Waals surface area (Å²) < 4.78 is 16.7. The van der Waals surface area contributed by atoms with E-state index in [1.54, 1.807) is 42.2 Å². The van der Waals surface area contributed by atoms with Gasteiger partial charge in [0.1, 0.15) is 23.9 Å². The Morgan fingerprint density at radius 1 is 1.13 bits per heavy atom. The van der Waals surface area contributed by atoms with E-state index in [1.807, 2.05) is 0 Å². The molecule has 1 amide bonds. The summed E-state index contributed by atoms with van der Waals surface area (Å²) in [6, 6.07) is 8.98. The van der Waals surface area contributed by atoms with Crippen LogP contribution in [0.25, 0.3) is 0 Å². The average molecular weight is 413 g/mol. The van der Waals surface area contributed by atoms with Gasteiger partial charge in [-0.05, 0) is 31.2 Å². The van der Waals surface area contributed by atoms with Crippen LogP contribution in [0, 0.1) is 0 Å². The van der Waals surface area contributed by atoms with Gasteiger partial charge in [-0.1, -0.05) is 12.1 Å². The van der Waals surface area contributed by atoms with Crippen molar-refractivity contribution < 1.29 is 33.7 Å². The van der Waals surface area contributed by atoms with Crippen molar-refractivity contribution >= 4 is 18.5 Å². The Balaban J connectivity index is 1.82. The number of carbonyl (C=O) groups excluding carboxylic acids is 3. The van der Waals surface area contributed by atoms with E-state index < -0.39 is 6.04 Å². The molecule has 0 saturated carbocycles. The van der Waals surface area contributed by atoms with Crippen LogP contribution in [0.2, 0.25) is 0 Å². The van der Waals surface area contributed by atoms with Crippen LogP contribution >= 0.6 is 0 Å². The molecular formula is C22H23NO7. The van der Waals surface area contributed by atoms with Gasteiger partial charge in [-0.25, -0.2) is 0 Å². The van der Waals surface area contributed by atoms with E-state index in [1.165, 1.54) is 6.07 Å². The lowest BCUT2D eigenvalue weighted by Crippen LogP contribution is -2.51. The number of nitrogens with zero attached hydrogens (tertiary/aromatic N) is 1. The topological polar surface area (TPSA) is 102 Å². The Kier molecular flexibility index (Phi) is 7.03. The largest absolute Gasteiger partial charge is 0.507 e. The third-order valence-corrected chi connectivity index (χ3v) is 4.79. The summed E-state index contributed by atoms with van der Waals surface area (Å²) in [5.41, 5.74) is 0.486. The minimum Gasteiger partial charge on any atom is -0.507 e. The minimum absolute atomic E-state index is 0.0414. The number of aldehydes is 2. The van der Waals surface area contributed by atoms with Gasteiger partial charge in [0.2, 0.25) is 0 Å². The lowest BCUT2D eigenvalue weighted by atomic mass is 10.0. The Morgan fingerprint density at radius 2 is 1.83 bits per heavy atom. The van der Waals surface area contributed by atoms with Gasteiger partial charge in [0.15, 0.2) is 12.6 Å². The molecule has 0 bridgehead atoms. The average Bonchev–Trinajstić information content (AvgIpc) is 2.77. The second kappa shape index (κ2) is 9.89. The summed E-state index contributed by atoms with van der Waals surface area (Å²) in [5.74, 6) is 0.0606. The molecule has 0 spiro atoms. The second-order valence-corrected chi connectivity index (χ2v) is 6.61. The van der Waals surface area contributed by atoms with Crippen molar-refractivity contribution in [1.29, 1.82) is 0 Å². The highest BCUT2D eigenvalue weighted by molar-refractivity contribution is 6.03. The van der Waals surface area contributed by atoms with Crippen molar-refractivity contribution in [2.24, 2.45) is 0 Å². The third-order valence-electron chi connectivity index (χ3n) is 4.79. The first-order valence-corrected chi connectivity index (χ1v) is 9.60. The molecule has 158 valence electrons. The second-order valence-electron chi connectivity index (χ2n) is 6.61. The lowest BCUT2D eigenvalue weighted by molar-refractivity contribution is -0.0151. The third kappa shape index (κ3) is 4.44. The van der Waals surface area contributed by atoms with Crippen molar-refractivity contribution in [2.45, 2.75) is 13.0 Å². The van der Waals surface area contributed by atoms with Gasteiger partial charge in [0, 0.05) is 6.54 Å². The quantitative estimate of drug-likeness (QED) is 0.663. The van der Waals surface area contributed by atoms with Gasteiger partial charge >= 0.3 is 0 Å². The maximum atomic E-state index is 13.2. The number of hydrogen-bond donors (Lipinski definition) is 1. The molecule has 30 heavy (non-hydrogen) atoms. The van der Waals surface area contributed by atoms with E-state index in [4.69, 9.17) is 14.2 Å². The van der Waals surface area contributed by atoms with E-state index in [0.29, 0.717) is 38.1 Å². The van der Waals surface area contributed by atoms with Crippen LogP contribution in [0.1, 0.15) is 38.0 Å². The minimum atomic E-state index is -0.441. The summed E-state index contributed by atoms with van der Waals surface area (Å²) in [5, 5.41) is 9.80. The predicted octanol–water partition coefficient (Wildman–Crippen LogP) is 2.34. The number of rotatable bonds is 8. The standard InChI is InChI=1S/C22H23NO7/c1-2-29-20-7-3-5-16(17(20)11-24)22(27)23-9-10-28-13-15(23)14-30-21-8-4-6-19(26)18(21)12-25/h3-8,11-12,15,26H,2,9-10,13-14H2,1H3/t15-/m0/s1. The van der Waals surface area contributed by atoms with E-state index in [9.17, 15) is 19.5 Å². The molecule has 0 aliphatic carbocycles. The van der Waals surface area contributed by atoms with Gasteiger partial charge in [-0.2, -0.15) is 0 Å². The Labute approximate surface area is 174 Å². The van der Waals surface area contributed by atoms with Crippen LogP contribution in [-0.4, -0.2) is 67.5 Å². The summed E-state index contributed by atoms with van der Waals surface area (Å²) in [7, 11) is 0. The first kappa shape index (κ1) is 21.3. The maximum Gasteiger partial charge on any atom is 0.255 e. The van der Waals surface area contributed by atoms with E-state index >= 15 is 0 Å². The number of carbonyl (C=O) groups is 3. The molecule has 1 saturated heterocycles. The number of aromatic hydroxyl groups is 1. The molecule has 0 unspecified atom stereocenters. The molecule has 2 aromatic rings. The Morgan fingerprint density at radius 3 is 2.53 bits per heavy atom. The molecule has 8 heteroatoms. The van der Waals surface area contributed by atoms with Crippen LogP contribution in [0.3, 0.4) is 0 Å². The zero-order valence-corrected chi connectivity index (χ0v) is 16.6. The normalized spacial score (nSPS) is 16.0. The highest BCUT2D eigenvalue weighted by atomic mass is 16.5. The van der Waals surface area contributed by atoms with Crippen LogP contribution < -0.4 is 9.47 Å². The summed E-state index contributed by atoms with van der Waals surface area (Å²) >= 11 is 0. The molecule has 1 heterocycles. The maximum absolute atomic E-state index is 13.2. The smallest absolute Gasteiger partial charge is 0.255 e. The first-order chi connectivity index (χ1) is 14.6. The van der Waals surface area contributed by atoms with Gasteiger partial charge in [-0.15, -0.1) is 0 Å². The molecule has 1 aliphatic heterocycles. The van der Waals surface area contributed by atoms with Crippen molar-refractivity contribution in [3.63, 3.8) is 0 Å². The number of phenolic OH excluding ortho intramolecular Hbond substituents is 1.